The first-order valence-corrected chi connectivity index (χ1v) is 5.31. The second kappa shape index (κ2) is 3.87. The van der Waals surface area contributed by atoms with Gasteiger partial charge in [-0.1, -0.05) is 18.7 Å². The lowest BCUT2D eigenvalue weighted by atomic mass is 10.2. The zero-order valence-electron chi connectivity index (χ0n) is 9.14. The molecule has 0 spiro atoms. The van der Waals surface area contributed by atoms with Crippen molar-refractivity contribution in [1.29, 1.82) is 0 Å². The lowest BCUT2D eigenvalue weighted by molar-refractivity contribution is 0.433. The fourth-order valence-electron chi connectivity index (χ4n) is 1.68. The van der Waals surface area contributed by atoms with Gasteiger partial charge in [0, 0.05) is 6.08 Å². The average Bonchev–Trinajstić information content (AvgIpc) is 2.83. The molecular formula is C14H11NO2. The number of hydrogen-bond acceptors (Lipinski definition) is 3. The molecule has 3 heteroatoms. The van der Waals surface area contributed by atoms with Crippen molar-refractivity contribution in [1.82, 2.24) is 0 Å². The first kappa shape index (κ1) is 9.78. The van der Waals surface area contributed by atoms with E-state index in [1.807, 2.05) is 42.5 Å². The van der Waals surface area contributed by atoms with Crippen LogP contribution < -0.4 is 10.1 Å². The number of ether oxygens (including phenoxy) is 1. The molecule has 17 heavy (non-hydrogen) atoms. The van der Waals surface area contributed by atoms with Gasteiger partial charge < -0.3 is 14.5 Å². The van der Waals surface area contributed by atoms with Crippen molar-refractivity contribution in [3.05, 3.63) is 66.5 Å². The van der Waals surface area contributed by atoms with Crippen LogP contribution in [0.5, 0.6) is 5.75 Å². The van der Waals surface area contributed by atoms with E-state index in [1.165, 1.54) is 0 Å². The number of furan rings is 1. The van der Waals surface area contributed by atoms with Crippen LogP contribution in [-0.4, -0.2) is 0 Å². The van der Waals surface area contributed by atoms with E-state index in [0.717, 1.165) is 22.9 Å². The van der Waals surface area contributed by atoms with E-state index in [-0.39, 0.29) is 0 Å². The van der Waals surface area contributed by atoms with Gasteiger partial charge in [-0.3, -0.25) is 0 Å². The molecule has 84 valence electrons. The molecule has 0 radical (unpaired) electrons. The molecule has 0 fully saturated rings. The topological polar surface area (TPSA) is 34.4 Å². The van der Waals surface area contributed by atoms with Crippen molar-refractivity contribution < 1.29 is 9.15 Å². The second-order valence-corrected chi connectivity index (χ2v) is 3.73. The molecule has 3 nitrogen and oxygen atoms in total. The summed E-state index contributed by atoms with van der Waals surface area (Å²) < 4.78 is 11.0. The quantitative estimate of drug-likeness (QED) is 0.804. The molecule has 0 saturated carbocycles. The summed E-state index contributed by atoms with van der Waals surface area (Å²) in [6.07, 6.45) is 3.44. The Morgan fingerprint density at radius 2 is 2.00 bits per heavy atom. The van der Waals surface area contributed by atoms with Gasteiger partial charge >= 0.3 is 0 Å². The average molecular weight is 225 g/mol. The molecule has 0 unspecified atom stereocenters. The molecule has 1 aromatic carbocycles. The Balaban J connectivity index is 1.97. The minimum atomic E-state index is 0.665. The maximum Gasteiger partial charge on any atom is 0.154 e. The third-order valence-electron chi connectivity index (χ3n) is 2.51. The fourth-order valence-corrected chi connectivity index (χ4v) is 1.68. The van der Waals surface area contributed by atoms with Gasteiger partial charge in [0.2, 0.25) is 0 Å². The molecule has 1 aliphatic rings. The van der Waals surface area contributed by atoms with Gasteiger partial charge in [-0.25, -0.2) is 0 Å². The molecule has 3 rings (SSSR count). The Hall–Kier alpha value is -2.42. The van der Waals surface area contributed by atoms with E-state index in [1.54, 1.807) is 6.26 Å². The molecule has 0 atom stereocenters. The number of fused-ring (bicyclic) bond motifs is 1. The van der Waals surface area contributed by atoms with Crippen LogP contribution in [0.2, 0.25) is 0 Å². The summed E-state index contributed by atoms with van der Waals surface area (Å²) in [5.74, 6) is 2.19. The number of benzene rings is 1. The van der Waals surface area contributed by atoms with Crippen LogP contribution in [-0.2, 0) is 0 Å². The molecule has 0 bridgehead atoms. The lowest BCUT2D eigenvalue weighted by Crippen LogP contribution is -2.13. The van der Waals surface area contributed by atoms with E-state index in [4.69, 9.17) is 9.15 Å². The maximum atomic E-state index is 5.76. The van der Waals surface area contributed by atoms with Crippen LogP contribution in [0.3, 0.4) is 0 Å². The summed E-state index contributed by atoms with van der Waals surface area (Å²) in [6, 6.07) is 11.4. The fraction of sp³-hybridized carbons (Fsp3) is 0. The van der Waals surface area contributed by atoms with E-state index < -0.39 is 0 Å². The molecule has 0 amide bonds. The first-order chi connectivity index (χ1) is 8.33. The lowest BCUT2D eigenvalue weighted by Gasteiger charge is -2.22. The van der Waals surface area contributed by atoms with Crippen LogP contribution in [0.1, 0.15) is 5.76 Å². The van der Waals surface area contributed by atoms with Crippen LogP contribution in [0.25, 0.3) is 6.08 Å². The largest absolute Gasteiger partial charge is 0.465 e. The third-order valence-corrected chi connectivity index (χ3v) is 2.51. The number of nitrogens with one attached hydrogen (secondary N) is 1. The summed E-state index contributed by atoms with van der Waals surface area (Å²) in [6.45, 7) is 3.93. The number of anilines is 1. The summed E-state index contributed by atoms with van der Waals surface area (Å²) in [5, 5.41) is 3.19. The number of hydrogen-bond donors (Lipinski definition) is 1. The Kier molecular flexibility index (Phi) is 2.22. The van der Waals surface area contributed by atoms with Crippen LogP contribution in [0.15, 0.2) is 65.1 Å². The van der Waals surface area contributed by atoms with Gasteiger partial charge in [-0.05, 0) is 24.3 Å². The van der Waals surface area contributed by atoms with Gasteiger partial charge in [0.15, 0.2) is 11.5 Å². The second-order valence-electron chi connectivity index (χ2n) is 3.73. The zero-order valence-corrected chi connectivity index (χ0v) is 9.14. The van der Waals surface area contributed by atoms with Gasteiger partial charge in [0.25, 0.3) is 0 Å². The summed E-state index contributed by atoms with van der Waals surface area (Å²) in [4.78, 5) is 0. The number of para-hydroxylation sites is 2. The molecule has 0 aliphatic carbocycles. The van der Waals surface area contributed by atoms with E-state index in [9.17, 15) is 0 Å². The van der Waals surface area contributed by atoms with Gasteiger partial charge in [-0.15, -0.1) is 0 Å². The van der Waals surface area contributed by atoms with Crippen molar-refractivity contribution in [2.24, 2.45) is 0 Å². The molecular weight excluding hydrogens is 214 g/mol. The molecule has 1 aromatic heterocycles. The van der Waals surface area contributed by atoms with Crippen LogP contribution in [0, 0.1) is 0 Å². The van der Waals surface area contributed by atoms with Gasteiger partial charge in [0.05, 0.1) is 17.6 Å². The Morgan fingerprint density at radius 1 is 1.12 bits per heavy atom. The monoisotopic (exact) mass is 225 g/mol. The third kappa shape index (κ3) is 1.83. The maximum absolute atomic E-state index is 5.76. The normalized spacial score (nSPS) is 16.2. The highest BCUT2D eigenvalue weighted by atomic mass is 16.5. The Bertz CT molecular complexity index is 582. The summed E-state index contributed by atoms with van der Waals surface area (Å²) >= 11 is 0. The minimum absolute atomic E-state index is 0.665. The van der Waals surface area contributed by atoms with Gasteiger partial charge in [0.1, 0.15) is 5.76 Å². The van der Waals surface area contributed by atoms with Crippen molar-refractivity contribution in [2.75, 3.05) is 5.32 Å². The van der Waals surface area contributed by atoms with E-state index in [2.05, 4.69) is 11.9 Å². The highest BCUT2D eigenvalue weighted by Gasteiger charge is 2.16. The van der Waals surface area contributed by atoms with Crippen molar-refractivity contribution in [3.63, 3.8) is 0 Å². The van der Waals surface area contributed by atoms with Crippen LogP contribution >= 0.6 is 0 Å². The first-order valence-electron chi connectivity index (χ1n) is 5.31. The van der Waals surface area contributed by atoms with Crippen molar-refractivity contribution >= 4 is 11.8 Å². The van der Waals surface area contributed by atoms with Gasteiger partial charge in [-0.2, -0.15) is 0 Å². The predicted octanol–water partition coefficient (Wildman–Crippen LogP) is 3.64. The Morgan fingerprint density at radius 3 is 2.82 bits per heavy atom. The Labute approximate surface area is 99.0 Å². The van der Waals surface area contributed by atoms with Crippen LogP contribution in [0.4, 0.5) is 5.69 Å². The summed E-state index contributed by atoms with van der Waals surface area (Å²) in [5.41, 5.74) is 1.65. The van der Waals surface area contributed by atoms with E-state index in [0.29, 0.717) is 5.76 Å². The highest BCUT2D eigenvalue weighted by molar-refractivity contribution is 5.68. The molecule has 1 aliphatic heterocycles. The predicted molar refractivity (Wildman–Crippen MR) is 66.5 cm³/mol. The van der Waals surface area contributed by atoms with Crippen molar-refractivity contribution in [2.45, 2.75) is 0 Å². The van der Waals surface area contributed by atoms with E-state index >= 15 is 0 Å². The zero-order chi connectivity index (χ0) is 11.7. The number of rotatable bonds is 1. The summed E-state index contributed by atoms with van der Waals surface area (Å²) in [7, 11) is 0. The molecule has 2 heterocycles. The molecule has 0 saturated heterocycles. The molecule has 2 aromatic rings. The van der Waals surface area contributed by atoms with Crippen molar-refractivity contribution in [3.8, 4) is 5.75 Å². The molecule has 1 N–H and O–H groups in total. The highest BCUT2D eigenvalue weighted by Crippen LogP contribution is 2.34. The smallest absolute Gasteiger partial charge is 0.154 e. The standard InChI is InChI=1S/C14H11NO2/c1-10-14(9-11-5-4-8-16-11)17-13-7-3-2-6-12(13)15-10/h2-9,15H,1H2/b14-9-. The SMILES string of the molecule is C=C1Nc2ccccc2O/C1=C\c1ccco1. The minimum Gasteiger partial charge on any atom is -0.465 e.